The number of nitrogens with zero attached hydrogens (tertiary/aromatic N) is 1. The maximum Gasteiger partial charge on any atom is 0.345 e. The number of likely N-dealkylation sites (tertiary alicyclic amines) is 1. The van der Waals surface area contributed by atoms with Crippen LogP contribution in [0.5, 0.6) is 0 Å². The number of piperidine rings is 1. The lowest BCUT2D eigenvalue weighted by atomic mass is 9.75. The van der Waals surface area contributed by atoms with Gasteiger partial charge in [-0.05, 0) is 59.8 Å². The van der Waals surface area contributed by atoms with Gasteiger partial charge in [0.1, 0.15) is 0 Å². The normalized spacial score (nSPS) is 24.4. The number of carboxylic acids is 1. The molecule has 33 heavy (non-hydrogen) atoms. The number of rotatable bonds is 6. The number of carboxylic acid groups (broad SMARTS) is 1. The third-order valence-electron chi connectivity index (χ3n) is 7.78. The number of hydrogen-bond donors (Lipinski definition) is 2. The summed E-state index contributed by atoms with van der Waals surface area (Å²) in [5.74, 6) is 0.271. The van der Waals surface area contributed by atoms with Gasteiger partial charge in [0.15, 0.2) is 0 Å². The molecule has 1 aliphatic carbocycles. The highest BCUT2D eigenvalue weighted by Crippen LogP contribution is 2.50. The van der Waals surface area contributed by atoms with Gasteiger partial charge < -0.3 is 10.2 Å². The molecule has 4 nitrogen and oxygen atoms in total. The Kier molecular flexibility index (Phi) is 5.81. The van der Waals surface area contributed by atoms with Crippen molar-refractivity contribution in [1.82, 2.24) is 4.90 Å². The molecule has 1 aliphatic heterocycles. The van der Waals surface area contributed by atoms with Crippen LogP contribution in [-0.4, -0.2) is 34.2 Å². The second kappa shape index (κ2) is 8.77. The van der Waals surface area contributed by atoms with Gasteiger partial charge in [0.25, 0.3) is 0 Å². The van der Waals surface area contributed by atoms with E-state index in [2.05, 4.69) is 41.3 Å². The molecule has 0 aromatic heterocycles. The van der Waals surface area contributed by atoms with Crippen LogP contribution in [0.2, 0.25) is 0 Å². The highest BCUT2D eigenvalue weighted by molar-refractivity contribution is 5.84. The van der Waals surface area contributed by atoms with E-state index in [4.69, 9.17) is 0 Å². The number of benzene rings is 3. The summed E-state index contributed by atoms with van der Waals surface area (Å²) in [7, 11) is 0. The molecule has 2 N–H and O–H groups in total. The van der Waals surface area contributed by atoms with Crippen molar-refractivity contribution < 1.29 is 15.0 Å². The molecule has 1 saturated heterocycles. The van der Waals surface area contributed by atoms with E-state index < -0.39 is 11.6 Å². The van der Waals surface area contributed by atoms with E-state index in [-0.39, 0.29) is 0 Å². The number of hydrogen-bond acceptors (Lipinski definition) is 3. The molecule has 3 atom stereocenters. The average molecular weight is 442 g/mol. The van der Waals surface area contributed by atoms with E-state index in [9.17, 15) is 15.0 Å². The molecule has 5 rings (SSSR count). The quantitative estimate of drug-likeness (QED) is 0.569. The van der Waals surface area contributed by atoms with Gasteiger partial charge >= 0.3 is 5.97 Å². The predicted octanol–water partition coefficient (Wildman–Crippen LogP) is 4.94. The molecule has 3 unspecified atom stereocenters. The number of carbonyl (C=O) groups is 1. The first-order chi connectivity index (χ1) is 16.0. The van der Waals surface area contributed by atoms with E-state index in [0.29, 0.717) is 28.9 Å². The SMILES string of the molecule is Cc1c(C2C3CCC2CN(Cc2ccccc2)C3)cccc1C(O)(C(=O)O)c1ccccc1. The summed E-state index contributed by atoms with van der Waals surface area (Å²) in [5, 5.41) is 21.6. The van der Waals surface area contributed by atoms with Crippen LogP contribution in [0.3, 0.4) is 0 Å². The fourth-order valence-corrected chi connectivity index (χ4v) is 6.28. The van der Waals surface area contributed by atoms with Crippen LogP contribution < -0.4 is 0 Å². The zero-order chi connectivity index (χ0) is 23.0. The Morgan fingerprint density at radius 2 is 1.52 bits per heavy atom. The number of aliphatic carboxylic acids is 1. The third-order valence-corrected chi connectivity index (χ3v) is 7.78. The van der Waals surface area contributed by atoms with Gasteiger partial charge in [-0.3, -0.25) is 4.90 Å². The van der Waals surface area contributed by atoms with Crippen LogP contribution in [0.1, 0.15) is 46.6 Å². The summed E-state index contributed by atoms with van der Waals surface area (Å²) in [4.78, 5) is 14.9. The smallest absolute Gasteiger partial charge is 0.345 e. The Morgan fingerprint density at radius 3 is 2.12 bits per heavy atom. The Hall–Kier alpha value is -2.95. The van der Waals surface area contributed by atoms with Crippen molar-refractivity contribution in [2.45, 2.75) is 37.8 Å². The summed E-state index contributed by atoms with van der Waals surface area (Å²) < 4.78 is 0. The van der Waals surface area contributed by atoms with Crippen molar-refractivity contribution in [3.05, 3.63) is 107 Å². The Morgan fingerprint density at radius 1 is 0.909 bits per heavy atom. The van der Waals surface area contributed by atoms with Crippen LogP contribution in [-0.2, 0) is 16.9 Å². The van der Waals surface area contributed by atoms with Gasteiger partial charge in [0.2, 0.25) is 5.60 Å². The van der Waals surface area contributed by atoms with Crippen molar-refractivity contribution in [2.24, 2.45) is 11.8 Å². The lowest BCUT2D eigenvalue weighted by Gasteiger charge is -2.39. The lowest BCUT2D eigenvalue weighted by Crippen LogP contribution is -2.41. The minimum atomic E-state index is -2.06. The first-order valence-electron chi connectivity index (χ1n) is 11.9. The molecule has 3 aromatic rings. The molecule has 4 heteroatoms. The number of fused-ring (bicyclic) bond motifs is 2. The molecule has 1 heterocycles. The molecule has 2 bridgehead atoms. The molecule has 2 aliphatic rings. The Balaban J connectivity index is 1.46. The second-order valence-corrected chi connectivity index (χ2v) is 9.70. The van der Waals surface area contributed by atoms with Crippen LogP contribution in [0.15, 0.2) is 78.9 Å². The minimum absolute atomic E-state index is 0.387. The Bertz CT molecular complexity index is 1120. The first kappa shape index (κ1) is 21.9. The highest BCUT2D eigenvalue weighted by Gasteiger charge is 2.46. The molecule has 3 aromatic carbocycles. The molecular weight excluding hydrogens is 410 g/mol. The van der Waals surface area contributed by atoms with Crippen molar-refractivity contribution in [1.29, 1.82) is 0 Å². The first-order valence-corrected chi connectivity index (χ1v) is 11.9. The van der Waals surface area contributed by atoms with Gasteiger partial charge in [0.05, 0.1) is 0 Å². The molecule has 2 fully saturated rings. The lowest BCUT2D eigenvalue weighted by molar-refractivity contribution is -0.155. The fourth-order valence-electron chi connectivity index (χ4n) is 6.28. The molecule has 0 radical (unpaired) electrons. The summed E-state index contributed by atoms with van der Waals surface area (Å²) in [6.45, 7) is 5.08. The molecule has 0 amide bonds. The van der Waals surface area contributed by atoms with Gasteiger partial charge in [-0.25, -0.2) is 4.79 Å². The van der Waals surface area contributed by atoms with Crippen LogP contribution in [0.4, 0.5) is 0 Å². The van der Waals surface area contributed by atoms with E-state index in [1.807, 2.05) is 19.1 Å². The van der Waals surface area contributed by atoms with Gasteiger partial charge in [0, 0.05) is 25.2 Å². The van der Waals surface area contributed by atoms with E-state index in [0.717, 1.165) is 25.2 Å². The molecule has 0 spiro atoms. The van der Waals surface area contributed by atoms with E-state index >= 15 is 0 Å². The highest BCUT2D eigenvalue weighted by atomic mass is 16.4. The minimum Gasteiger partial charge on any atom is -0.479 e. The third kappa shape index (κ3) is 3.88. The standard InChI is InChI=1S/C29H31NO3/c1-20-25(13-8-14-26(20)29(33,28(31)32)24-11-6-3-7-12-24)27-22-15-16-23(27)19-30(18-22)17-21-9-4-2-5-10-21/h2-14,22-23,27,33H,15-19H2,1H3,(H,31,32). The van der Waals surface area contributed by atoms with Crippen LogP contribution in [0.25, 0.3) is 0 Å². The summed E-state index contributed by atoms with van der Waals surface area (Å²) in [6.07, 6.45) is 2.40. The topological polar surface area (TPSA) is 60.8 Å². The van der Waals surface area contributed by atoms with E-state index in [1.54, 1.807) is 30.3 Å². The molecule has 170 valence electrons. The zero-order valence-corrected chi connectivity index (χ0v) is 19.0. The van der Waals surface area contributed by atoms with Crippen molar-refractivity contribution in [2.75, 3.05) is 13.1 Å². The van der Waals surface area contributed by atoms with Crippen LogP contribution >= 0.6 is 0 Å². The Labute approximate surface area is 195 Å². The second-order valence-electron chi connectivity index (χ2n) is 9.70. The zero-order valence-electron chi connectivity index (χ0n) is 19.0. The summed E-state index contributed by atoms with van der Waals surface area (Å²) >= 11 is 0. The molecular formula is C29H31NO3. The largest absolute Gasteiger partial charge is 0.479 e. The summed E-state index contributed by atoms with van der Waals surface area (Å²) in [6, 6.07) is 25.2. The van der Waals surface area contributed by atoms with Gasteiger partial charge in [-0.15, -0.1) is 0 Å². The van der Waals surface area contributed by atoms with E-state index in [1.165, 1.54) is 24.0 Å². The summed E-state index contributed by atoms with van der Waals surface area (Å²) in [5.41, 5.74) is 2.26. The van der Waals surface area contributed by atoms with Gasteiger partial charge in [-0.2, -0.15) is 0 Å². The van der Waals surface area contributed by atoms with Crippen molar-refractivity contribution in [3.8, 4) is 0 Å². The van der Waals surface area contributed by atoms with Crippen LogP contribution in [0, 0.1) is 18.8 Å². The van der Waals surface area contributed by atoms with Crippen molar-refractivity contribution >= 4 is 5.97 Å². The fraction of sp³-hybridized carbons (Fsp3) is 0.345. The van der Waals surface area contributed by atoms with Gasteiger partial charge in [-0.1, -0.05) is 78.9 Å². The maximum atomic E-state index is 12.4. The monoisotopic (exact) mass is 441 g/mol. The maximum absolute atomic E-state index is 12.4. The number of aliphatic hydroxyl groups is 1. The van der Waals surface area contributed by atoms with Crippen molar-refractivity contribution in [3.63, 3.8) is 0 Å². The average Bonchev–Trinajstić information content (AvgIpc) is 3.09. The predicted molar refractivity (Wildman–Crippen MR) is 129 cm³/mol. The molecule has 1 saturated carbocycles.